The molecule has 4 N–H and O–H groups in total. The molecule has 1 aromatic rings. The van der Waals surface area contributed by atoms with Crippen molar-refractivity contribution in [1.29, 1.82) is 0 Å². The van der Waals surface area contributed by atoms with Crippen molar-refractivity contribution in [3.8, 4) is 0 Å². The molecule has 0 bridgehead atoms. The Kier molecular flexibility index (Phi) is 4.72. The van der Waals surface area contributed by atoms with Gasteiger partial charge in [-0.25, -0.2) is 4.79 Å². The highest BCUT2D eigenvalue weighted by molar-refractivity contribution is 9.10. The smallest absolute Gasteiger partial charge is 0.326 e. The monoisotopic (exact) mass is 314 g/mol. The van der Waals surface area contributed by atoms with Crippen LogP contribution in [0.15, 0.2) is 22.7 Å². The molecule has 0 fully saturated rings. The third-order valence-electron chi connectivity index (χ3n) is 2.40. The summed E-state index contributed by atoms with van der Waals surface area (Å²) < 4.78 is 0.670. The van der Waals surface area contributed by atoms with Crippen LogP contribution in [-0.2, 0) is 4.79 Å². The fourth-order valence-electron chi connectivity index (χ4n) is 1.48. The zero-order valence-corrected chi connectivity index (χ0v) is 11.7. The number of carboxylic acids is 1. The lowest BCUT2D eigenvalue weighted by Gasteiger charge is -2.18. The molecular weight excluding hydrogens is 300 g/mol. The molecule has 0 saturated heterocycles. The molecule has 0 aliphatic heterocycles. The van der Waals surface area contributed by atoms with Gasteiger partial charge >= 0.3 is 5.97 Å². The van der Waals surface area contributed by atoms with Crippen molar-refractivity contribution in [1.82, 2.24) is 5.32 Å². The fourth-order valence-corrected chi connectivity index (χ4v) is 1.99. The Bertz CT molecular complexity index is 454. The van der Waals surface area contributed by atoms with Crippen LogP contribution in [-0.4, -0.2) is 23.0 Å². The first-order chi connectivity index (χ1) is 8.31. The van der Waals surface area contributed by atoms with Crippen molar-refractivity contribution in [2.75, 3.05) is 5.73 Å². The molecule has 1 rings (SSSR count). The van der Waals surface area contributed by atoms with E-state index in [4.69, 9.17) is 10.8 Å². The molecule has 0 saturated carbocycles. The Morgan fingerprint density at radius 2 is 1.94 bits per heavy atom. The summed E-state index contributed by atoms with van der Waals surface area (Å²) in [7, 11) is 0. The summed E-state index contributed by atoms with van der Waals surface area (Å²) in [6.07, 6.45) is 0. The average Bonchev–Trinajstić information content (AvgIpc) is 2.23. The van der Waals surface area contributed by atoms with Crippen molar-refractivity contribution in [2.45, 2.75) is 19.9 Å². The molecule has 1 unspecified atom stereocenters. The van der Waals surface area contributed by atoms with E-state index >= 15 is 0 Å². The number of aliphatic carboxylic acids is 1. The second kappa shape index (κ2) is 5.86. The first-order valence-electron chi connectivity index (χ1n) is 5.41. The summed E-state index contributed by atoms with van der Waals surface area (Å²) in [5.41, 5.74) is 6.38. The molecule has 0 aliphatic rings. The van der Waals surface area contributed by atoms with Crippen LogP contribution in [0.4, 0.5) is 5.69 Å². The Morgan fingerprint density at radius 1 is 1.33 bits per heavy atom. The minimum atomic E-state index is -1.05. The van der Waals surface area contributed by atoms with Gasteiger partial charge in [0, 0.05) is 15.7 Å². The predicted molar refractivity (Wildman–Crippen MR) is 72.3 cm³/mol. The van der Waals surface area contributed by atoms with Crippen LogP contribution in [0.5, 0.6) is 0 Å². The number of carbonyl (C=O) groups is 2. The van der Waals surface area contributed by atoms with E-state index < -0.39 is 17.9 Å². The number of nitrogens with two attached hydrogens (primary N) is 1. The molecule has 98 valence electrons. The SMILES string of the molecule is CC(C)C(NC(=O)c1cc(N)cc(Br)c1)C(=O)O. The number of carbonyl (C=O) groups excluding carboxylic acids is 1. The molecule has 1 amide bonds. The van der Waals surface area contributed by atoms with E-state index in [-0.39, 0.29) is 5.92 Å². The first-order valence-corrected chi connectivity index (χ1v) is 6.20. The third-order valence-corrected chi connectivity index (χ3v) is 2.86. The van der Waals surface area contributed by atoms with Crippen LogP contribution in [0.1, 0.15) is 24.2 Å². The van der Waals surface area contributed by atoms with Crippen molar-refractivity contribution in [2.24, 2.45) is 5.92 Å². The fraction of sp³-hybridized carbons (Fsp3) is 0.333. The van der Waals surface area contributed by atoms with Crippen molar-refractivity contribution < 1.29 is 14.7 Å². The highest BCUT2D eigenvalue weighted by Gasteiger charge is 2.24. The number of benzene rings is 1. The number of amides is 1. The van der Waals surface area contributed by atoms with E-state index in [2.05, 4.69) is 21.2 Å². The molecule has 18 heavy (non-hydrogen) atoms. The average molecular weight is 315 g/mol. The molecule has 0 aliphatic carbocycles. The summed E-state index contributed by atoms with van der Waals surface area (Å²) in [6.45, 7) is 3.46. The van der Waals surface area contributed by atoms with Gasteiger partial charge in [0.2, 0.25) is 0 Å². The molecule has 5 nitrogen and oxygen atoms in total. The Morgan fingerprint density at radius 3 is 2.39 bits per heavy atom. The van der Waals surface area contributed by atoms with Crippen LogP contribution in [0.2, 0.25) is 0 Å². The zero-order valence-electron chi connectivity index (χ0n) is 10.1. The summed E-state index contributed by atoms with van der Waals surface area (Å²) in [6, 6.07) is 3.83. The Labute approximate surface area is 113 Å². The molecule has 0 radical (unpaired) electrons. The van der Waals surface area contributed by atoms with Crippen LogP contribution in [0.25, 0.3) is 0 Å². The number of halogens is 1. The van der Waals surface area contributed by atoms with Gasteiger partial charge in [-0.3, -0.25) is 4.79 Å². The number of rotatable bonds is 4. The van der Waals surface area contributed by atoms with Gasteiger partial charge in [0.25, 0.3) is 5.91 Å². The largest absolute Gasteiger partial charge is 0.480 e. The highest BCUT2D eigenvalue weighted by Crippen LogP contribution is 2.17. The summed E-state index contributed by atoms with van der Waals surface area (Å²) in [5, 5.41) is 11.5. The Balaban J connectivity index is 2.90. The van der Waals surface area contributed by atoms with E-state index in [1.54, 1.807) is 26.0 Å². The maximum absolute atomic E-state index is 11.9. The number of nitrogen functional groups attached to an aromatic ring is 1. The Hall–Kier alpha value is -1.56. The quantitative estimate of drug-likeness (QED) is 0.740. The van der Waals surface area contributed by atoms with E-state index in [0.29, 0.717) is 15.7 Å². The first kappa shape index (κ1) is 14.5. The molecule has 0 spiro atoms. The van der Waals surface area contributed by atoms with Gasteiger partial charge in [0.05, 0.1) is 0 Å². The number of nitrogens with one attached hydrogen (secondary N) is 1. The van der Waals surface area contributed by atoms with Gasteiger partial charge in [-0.05, 0) is 24.1 Å². The number of carboxylic acid groups (broad SMARTS) is 1. The number of hydrogen-bond donors (Lipinski definition) is 3. The van der Waals surface area contributed by atoms with Crippen molar-refractivity contribution in [3.63, 3.8) is 0 Å². The standard InChI is InChI=1S/C12H15BrN2O3/c1-6(2)10(12(17)18)15-11(16)7-3-8(13)5-9(14)4-7/h3-6,10H,14H2,1-2H3,(H,15,16)(H,17,18). The van der Waals surface area contributed by atoms with Gasteiger partial charge in [-0.15, -0.1) is 0 Å². The van der Waals surface area contributed by atoms with Gasteiger partial charge in [-0.1, -0.05) is 29.8 Å². The topological polar surface area (TPSA) is 92.4 Å². The lowest BCUT2D eigenvalue weighted by molar-refractivity contribution is -0.140. The zero-order chi connectivity index (χ0) is 13.9. The summed E-state index contributed by atoms with van der Waals surface area (Å²) >= 11 is 3.23. The van der Waals surface area contributed by atoms with E-state index in [0.717, 1.165) is 0 Å². The number of anilines is 1. The van der Waals surface area contributed by atoms with E-state index in [9.17, 15) is 9.59 Å². The second-order valence-corrected chi connectivity index (χ2v) is 5.22. The molecule has 0 heterocycles. The minimum Gasteiger partial charge on any atom is -0.480 e. The minimum absolute atomic E-state index is 0.198. The maximum Gasteiger partial charge on any atom is 0.326 e. The van der Waals surface area contributed by atoms with Crippen LogP contribution >= 0.6 is 15.9 Å². The van der Waals surface area contributed by atoms with Crippen LogP contribution in [0.3, 0.4) is 0 Å². The molecular formula is C12H15BrN2O3. The summed E-state index contributed by atoms with van der Waals surface area (Å²) in [4.78, 5) is 22.9. The molecule has 6 heteroatoms. The van der Waals surface area contributed by atoms with E-state index in [1.807, 2.05) is 0 Å². The van der Waals surface area contributed by atoms with Gasteiger partial charge in [-0.2, -0.15) is 0 Å². The second-order valence-electron chi connectivity index (χ2n) is 4.31. The van der Waals surface area contributed by atoms with Gasteiger partial charge in [0.1, 0.15) is 6.04 Å². The van der Waals surface area contributed by atoms with Crippen LogP contribution < -0.4 is 11.1 Å². The lowest BCUT2D eigenvalue weighted by Crippen LogP contribution is -2.44. The molecule has 1 aromatic carbocycles. The van der Waals surface area contributed by atoms with Crippen molar-refractivity contribution in [3.05, 3.63) is 28.2 Å². The van der Waals surface area contributed by atoms with E-state index in [1.165, 1.54) is 6.07 Å². The molecule has 1 atom stereocenters. The van der Waals surface area contributed by atoms with Gasteiger partial charge < -0.3 is 16.2 Å². The maximum atomic E-state index is 11.9. The normalized spacial score (nSPS) is 12.2. The highest BCUT2D eigenvalue weighted by atomic mass is 79.9. The summed E-state index contributed by atoms with van der Waals surface area (Å²) in [5.74, 6) is -1.71. The molecule has 0 aromatic heterocycles. The van der Waals surface area contributed by atoms with Crippen molar-refractivity contribution >= 4 is 33.5 Å². The lowest BCUT2D eigenvalue weighted by atomic mass is 10.0. The van der Waals surface area contributed by atoms with Gasteiger partial charge in [0.15, 0.2) is 0 Å². The third kappa shape index (κ3) is 3.73. The number of hydrogen-bond acceptors (Lipinski definition) is 3. The predicted octanol–water partition coefficient (Wildman–Crippen LogP) is 1.87. The van der Waals surface area contributed by atoms with Crippen LogP contribution in [0, 0.1) is 5.92 Å².